The SMILES string of the molecule is Cc1c(CNS(=O)(=O)c2ccccc2)c(C(C)C)c(Sc2cc(Cl)cc(Cl)c2)n1Cc1ccncc1. The topological polar surface area (TPSA) is 64.0 Å². The lowest BCUT2D eigenvalue weighted by Gasteiger charge is -2.15. The lowest BCUT2D eigenvalue weighted by Crippen LogP contribution is -2.24. The van der Waals surface area contributed by atoms with Crippen LogP contribution >= 0.6 is 35.0 Å². The number of nitrogens with zero attached hydrogens (tertiary/aromatic N) is 2. The van der Waals surface area contributed by atoms with E-state index in [1.165, 1.54) is 0 Å². The van der Waals surface area contributed by atoms with Crippen molar-refractivity contribution in [1.82, 2.24) is 14.3 Å². The highest BCUT2D eigenvalue weighted by atomic mass is 35.5. The summed E-state index contributed by atoms with van der Waals surface area (Å²) in [5.41, 5.74) is 4.16. The van der Waals surface area contributed by atoms with Crippen LogP contribution in [-0.2, 0) is 23.1 Å². The number of hydrogen-bond acceptors (Lipinski definition) is 4. The van der Waals surface area contributed by atoms with Crippen LogP contribution in [0.3, 0.4) is 0 Å². The van der Waals surface area contributed by atoms with Crippen LogP contribution in [-0.4, -0.2) is 18.0 Å². The normalized spacial score (nSPS) is 11.8. The van der Waals surface area contributed by atoms with Gasteiger partial charge in [0.05, 0.1) is 9.92 Å². The van der Waals surface area contributed by atoms with Gasteiger partial charge in [-0.05, 0) is 72.0 Å². The lowest BCUT2D eigenvalue weighted by molar-refractivity contribution is 0.580. The Morgan fingerprint density at radius 1 is 1.00 bits per heavy atom. The van der Waals surface area contributed by atoms with Crippen LogP contribution in [0.25, 0.3) is 0 Å². The van der Waals surface area contributed by atoms with Crippen LogP contribution in [0, 0.1) is 6.92 Å². The van der Waals surface area contributed by atoms with Gasteiger partial charge in [-0.2, -0.15) is 0 Å². The maximum absolute atomic E-state index is 13.0. The molecule has 2 aromatic carbocycles. The molecular formula is C27H27Cl2N3O2S2. The van der Waals surface area contributed by atoms with Crippen LogP contribution in [0.1, 0.15) is 42.1 Å². The maximum Gasteiger partial charge on any atom is 0.240 e. The van der Waals surface area contributed by atoms with Crippen LogP contribution in [0.2, 0.25) is 10.0 Å². The summed E-state index contributed by atoms with van der Waals surface area (Å²) in [5.74, 6) is 0.149. The number of halogens is 2. The molecule has 0 atom stereocenters. The lowest BCUT2D eigenvalue weighted by atomic mass is 10.0. The van der Waals surface area contributed by atoms with Crippen LogP contribution in [0.5, 0.6) is 0 Å². The van der Waals surface area contributed by atoms with Gasteiger partial charge in [0, 0.05) is 46.1 Å². The highest BCUT2D eigenvalue weighted by molar-refractivity contribution is 7.99. The predicted octanol–water partition coefficient (Wildman–Crippen LogP) is 7.30. The largest absolute Gasteiger partial charge is 0.335 e. The van der Waals surface area contributed by atoms with E-state index in [1.807, 2.05) is 31.2 Å². The Labute approximate surface area is 226 Å². The van der Waals surface area contributed by atoms with Gasteiger partial charge in [0.25, 0.3) is 0 Å². The van der Waals surface area contributed by atoms with E-state index >= 15 is 0 Å². The summed E-state index contributed by atoms with van der Waals surface area (Å²) in [5, 5.41) is 2.17. The summed E-state index contributed by atoms with van der Waals surface area (Å²) < 4.78 is 31.0. The standard InChI is InChI=1S/C27H27Cl2N3O2S2/c1-18(2)26-25(16-31-36(33,34)24-7-5-4-6-8-24)19(3)32(17-20-9-11-30-12-10-20)27(26)35-23-14-21(28)13-22(29)15-23/h4-15,18,31H,16-17H2,1-3H3. The summed E-state index contributed by atoms with van der Waals surface area (Å²) >= 11 is 14.2. The van der Waals surface area contributed by atoms with Gasteiger partial charge < -0.3 is 4.57 Å². The summed E-state index contributed by atoms with van der Waals surface area (Å²) in [6, 6.07) is 17.9. The highest BCUT2D eigenvalue weighted by Gasteiger charge is 2.25. The molecule has 4 rings (SSSR count). The van der Waals surface area contributed by atoms with Crippen molar-refractivity contribution in [1.29, 1.82) is 0 Å². The number of pyridine rings is 1. The minimum absolute atomic E-state index is 0.149. The Bertz CT molecular complexity index is 1440. The van der Waals surface area contributed by atoms with E-state index in [9.17, 15) is 8.42 Å². The number of hydrogen-bond donors (Lipinski definition) is 1. The molecule has 0 radical (unpaired) electrons. The third-order valence-corrected chi connectivity index (χ3v) is 8.81. The Morgan fingerprint density at radius 3 is 2.25 bits per heavy atom. The summed E-state index contributed by atoms with van der Waals surface area (Å²) in [6.07, 6.45) is 3.55. The molecule has 5 nitrogen and oxygen atoms in total. The first-order valence-electron chi connectivity index (χ1n) is 11.4. The minimum Gasteiger partial charge on any atom is -0.335 e. The molecule has 4 aromatic rings. The van der Waals surface area contributed by atoms with Crippen molar-refractivity contribution in [2.75, 3.05) is 0 Å². The van der Waals surface area contributed by atoms with Crippen molar-refractivity contribution in [2.24, 2.45) is 0 Å². The Kier molecular flexibility index (Phi) is 8.48. The van der Waals surface area contributed by atoms with Gasteiger partial charge >= 0.3 is 0 Å². The maximum atomic E-state index is 13.0. The van der Waals surface area contributed by atoms with E-state index in [2.05, 4.69) is 28.1 Å². The monoisotopic (exact) mass is 559 g/mol. The first kappa shape index (κ1) is 26.8. The number of aromatic nitrogens is 2. The van der Waals surface area contributed by atoms with E-state index < -0.39 is 10.0 Å². The first-order valence-corrected chi connectivity index (χ1v) is 14.5. The number of benzene rings is 2. The molecule has 2 heterocycles. The molecule has 188 valence electrons. The number of rotatable bonds is 9. The van der Waals surface area contributed by atoms with Crippen LogP contribution in [0.4, 0.5) is 0 Å². The zero-order valence-corrected chi connectivity index (χ0v) is 23.3. The first-order chi connectivity index (χ1) is 17.2. The minimum atomic E-state index is -3.66. The fourth-order valence-corrected chi connectivity index (χ4v) is 7.17. The van der Waals surface area contributed by atoms with Gasteiger partial charge in [-0.15, -0.1) is 0 Å². The Hall–Kier alpha value is -2.29. The van der Waals surface area contributed by atoms with Gasteiger partial charge in [0.15, 0.2) is 0 Å². The fourth-order valence-electron chi connectivity index (χ4n) is 4.12. The predicted molar refractivity (Wildman–Crippen MR) is 148 cm³/mol. The zero-order valence-electron chi connectivity index (χ0n) is 20.2. The highest BCUT2D eigenvalue weighted by Crippen LogP contribution is 2.41. The van der Waals surface area contributed by atoms with E-state index in [0.717, 1.165) is 32.3 Å². The molecule has 0 fully saturated rings. The fraction of sp³-hybridized carbons (Fsp3) is 0.222. The molecule has 0 aliphatic carbocycles. The Morgan fingerprint density at radius 2 is 1.64 bits per heavy atom. The molecular weight excluding hydrogens is 533 g/mol. The third-order valence-electron chi connectivity index (χ3n) is 5.85. The average molecular weight is 561 g/mol. The van der Waals surface area contributed by atoms with Gasteiger partial charge in [-0.1, -0.05) is 67.0 Å². The molecule has 0 amide bonds. The number of nitrogens with one attached hydrogen (secondary N) is 1. The van der Waals surface area contributed by atoms with Crippen molar-refractivity contribution in [3.63, 3.8) is 0 Å². The summed E-state index contributed by atoms with van der Waals surface area (Å²) in [4.78, 5) is 5.29. The van der Waals surface area contributed by atoms with Crippen molar-refractivity contribution in [3.8, 4) is 0 Å². The van der Waals surface area contributed by atoms with E-state index in [0.29, 0.717) is 16.6 Å². The van der Waals surface area contributed by atoms with Crippen molar-refractivity contribution >= 4 is 45.0 Å². The molecule has 0 aliphatic heterocycles. The molecule has 1 N–H and O–H groups in total. The third kappa shape index (κ3) is 6.15. The zero-order chi connectivity index (χ0) is 25.9. The summed E-state index contributed by atoms with van der Waals surface area (Å²) in [7, 11) is -3.66. The Balaban J connectivity index is 1.79. The molecule has 0 spiro atoms. The van der Waals surface area contributed by atoms with E-state index in [1.54, 1.807) is 60.6 Å². The van der Waals surface area contributed by atoms with E-state index in [-0.39, 0.29) is 17.4 Å². The van der Waals surface area contributed by atoms with Crippen molar-refractivity contribution in [2.45, 2.75) is 54.6 Å². The smallest absolute Gasteiger partial charge is 0.240 e. The van der Waals surface area contributed by atoms with Gasteiger partial charge in [0.1, 0.15) is 0 Å². The molecule has 0 saturated heterocycles. The van der Waals surface area contributed by atoms with Crippen molar-refractivity contribution in [3.05, 3.63) is 105 Å². The molecule has 9 heteroatoms. The average Bonchev–Trinajstić information content (AvgIpc) is 3.09. The molecule has 36 heavy (non-hydrogen) atoms. The second kappa shape index (κ2) is 11.4. The van der Waals surface area contributed by atoms with Gasteiger partial charge in [-0.3, -0.25) is 4.98 Å². The molecule has 2 aromatic heterocycles. The van der Waals surface area contributed by atoms with Gasteiger partial charge in [0.2, 0.25) is 10.0 Å². The second-order valence-corrected chi connectivity index (χ2v) is 12.4. The number of sulfonamides is 1. The van der Waals surface area contributed by atoms with Crippen LogP contribution in [0.15, 0.2) is 87.9 Å². The van der Waals surface area contributed by atoms with Crippen LogP contribution < -0.4 is 4.72 Å². The quantitative estimate of drug-likeness (QED) is 0.233. The second-order valence-electron chi connectivity index (χ2n) is 8.72. The summed E-state index contributed by atoms with van der Waals surface area (Å²) in [6.45, 7) is 7.08. The molecule has 0 aliphatic rings. The molecule has 0 unspecified atom stereocenters. The van der Waals surface area contributed by atoms with Gasteiger partial charge in [-0.25, -0.2) is 13.1 Å². The molecule has 0 bridgehead atoms. The molecule has 0 saturated carbocycles. The van der Waals surface area contributed by atoms with E-state index in [4.69, 9.17) is 23.2 Å². The van der Waals surface area contributed by atoms with Crippen molar-refractivity contribution < 1.29 is 8.42 Å².